The third-order valence-corrected chi connectivity index (χ3v) is 3.82. The largest absolute Gasteiger partial charge is 0.381 e. The van der Waals surface area contributed by atoms with E-state index < -0.39 is 6.17 Å². The molecule has 14 heavy (non-hydrogen) atoms. The van der Waals surface area contributed by atoms with E-state index in [0.717, 1.165) is 25.8 Å². The molecule has 0 N–H and O–H groups in total. The van der Waals surface area contributed by atoms with Gasteiger partial charge in [0, 0.05) is 19.7 Å². The second kappa shape index (κ2) is 4.15. The average molecular weight is 201 g/mol. The molecule has 0 aromatic carbocycles. The van der Waals surface area contributed by atoms with Gasteiger partial charge in [0.25, 0.3) is 0 Å². The van der Waals surface area contributed by atoms with Crippen LogP contribution in [0.1, 0.15) is 26.2 Å². The summed E-state index contributed by atoms with van der Waals surface area (Å²) < 4.78 is 18.7. The number of methoxy groups -OCH3 is 1. The fraction of sp³-hybridized carbons (Fsp3) is 1.00. The van der Waals surface area contributed by atoms with Crippen LogP contribution in [0.4, 0.5) is 4.39 Å². The fourth-order valence-electron chi connectivity index (χ4n) is 2.41. The molecule has 0 unspecified atom stereocenters. The van der Waals surface area contributed by atoms with Crippen molar-refractivity contribution in [3.63, 3.8) is 0 Å². The van der Waals surface area contributed by atoms with Crippen LogP contribution in [0.5, 0.6) is 0 Å². The van der Waals surface area contributed by atoms with Crippen molar-refractivity contribution < 1.29 is 9.13 Å². The van der Waals surface area contributed by atoms with Crippen LogP contribution >= 0.6 is 0 Å². The molecule has 1 saturated carbocycles. The van der Waals surface area contributed by atoms with E-state index in [2.05, 4.69) is 4.90 Å². The fourth-order valence-corrected chi connectivity index (χ4v) is 2.41. The zero-order chi connectivity index (χ0) is 10.1. The topological polar surface area (TPSA) is 12.5 Å². The van der Waals surface area contributed by atoms with Crippen LogP contribution in [-0.2, 0) is 4.74 Å². The molecule has 0 bridgehead atoms. The van der Waals surface area contributed by atoms with Gasteiger partial charge in [-0.05, 0) is 31.7 Å². The molecule has 82 valence electrons. The lowest BCUT2D eigenvalue weighted by atomic mass is 9.85. The number of halogens is 1. The number of ether oxygens (including phenoxy) is 1. The van der Waals surface area contributed by atoms with Crippen LogP contribution in [0.25, 0.3) is 0 Å². The molecule has 0 spiro atoms. The summed E-state index contributed by atoms with van der Waals surface area (Å²) in [5, 5.41) is 0. The van der Waals surface area contributed by atoms with Crippen LogP contribution < -0.4 is 0 Å². The molecular weight excluding hydrogens is 181 g/mol. The van der Waals surface area contributed by atoms with E-state index in [1.165, 1.54) is 0 Å². The number of piperidine rings is 1. The van der Waals surface area contributed by atoms with Crippen LogP contribution in [0.15, 0.2) is 0 Å². The summed E-state index contributed by atoms with van der Waals surface area (Å²) in [6.45, 7) is 3.73. The van der Waals surface area contributed by atoms with Crippen molar-refractivity contribution in [3.05, 3.63) is 0 Å². The van der Waals surface area contributed by atoms with Crippen molar-refractivity contribution in [2.45, 2.75) is 44.5 Å². The molecule has 1 heterocycles. The standard InChI is InChI=1S/C11H20FNO/c1-8-3-4-13(7-11(8)12)9-5-10(6-9)14-2/h8-11H,3-7H2,1-2H3/t8-,9-,10-,11-/m0/s1. The normalized spacial score (nSPS) is 44.8. The molecule has 2 aliphatic rings. The highest BCUT2D eigenvalue weighted by atomic mass is 19.1. The van der Waals surface area contributed by atoms with Crippen molar-refractivity contribution in [1.29, 1.82) is 0 Å². The molecule has 1 saturated heterocycles. The van der Waals surface area contributed by atoms with E-state index >= 15 is 0 Å². The number of likely N-dealkylation sites (tertiary alicyclic amines) is 1. The third-order valence-electron chi connectivity index (χ3n) is 3.82. The number of hydrogen-bond acceptors (Lipinski definition) is 2. The smallest absolute Gasteiger partial charge is 0.115 e. The Morgan fingerprint density at radius 2 is 2.07 bits per heavy atom. The molecular formula is C11H20FNO. The molecule has 0 amide bonds. The monoisotopic (exact) mass is 201 g/mol. The van der Waals surface area contributed by atoms with Crippen molar-refractivity contribution in [3.8, 4) is 0 Å². The van der Waals surface area contributed by atoms with E-state index in [9.17, 15) is 4.39 Å². The molecule has 2 rings (SSSR count). The van der Waals surface area contributed by atoms with Gasteiger partial charge in [-0.15, -0.1) is 0 Å². The molecule has 0 aromatic heterocycles. The molecule has 3 heteroatoms. The van der Waals surface area contributed by atoms with Gasteiger partial charge >= 0.3 is 0 Å². The third kappa shape index (κ3) is 1.94. The second-order valence-electron chi connectivity index (χ2n) is 4.76. The highest BCUT2D eigenvalue weighted by Gasteiger charge is 2.37. The van der Waals surface area contributed by atoms with Crippen molar-refractivity contribution in [2.75, 3.05) is 20.2 Å². The highest BCUT2D eigenvalue weighted by Crippen LogP contribution is 2.31. The predicted molar refractivity (Wildman–Crippen MR) is 54.1 cm³/mol. The molecule has 0 radical (unpaired) electrons. The lowest BCUT2D eigenvalue weighted by Gasteiger charge is -2.45. The Morgan fingerprint density at radius 1 is 1.36 bits per heavy atom. The maximum atomic E-state index is 13.5. The van der Waals surface area contributed by atoms with E-state index in [-0.39, 0.29) is 5.92 Å². The first kappa shape index (κ1) is 10.4. The van der Waals surface area contributed by atoms with Gasteiger partial charge in [0.05, 0.1) is 6.10 Å². The van der Waals surface area contributed by atoms with E-state index in [0.29, 0.717) is 18.7 Å². The Morgan fingerprint density at radius 3 is 2.64 bits per heavy atom. The quantitative estimate of drug-likeness (QED) is 0.676. The molecule has 2 atom stereocenters. The van der Waals surface area contributed by atoms with Gasteiger partial charge < -0.3 is 4.74 Å². The van der Waals surface area contributed by atoms with Crippen LogP contribution in [0.3, 0.4) is 0 Å². The first-order valence-corrected chi connectivity index (χ1v) is 5.61. The summed E-state index contributed by atoms with van der Waals surface area (Å²) >= 11 is 0. The van der Waals surface area contributed by atoms with Crippen LogP contribution in [-0.4, -0.2) is 43.4 Å². The lowest BCUT2D eigenvalue weighted by Crippen LogP contribution is -2.53. The minimum atomic E-state index is -0.620. The average Bonchev–Trinajstić information content (AvgIpc) is 2.09. The number of alkyl halides is 1. The Balaban J connectivity index is 1.78. The SMILES string of the molecule is CO[C@H]1C[C@H](N2CC[C@H](C)[C@@H](F)C2)C1. The van der Waals surface area contributed by atoms with Crippen LogP contribution in [0, 0.1) is 5.92 Å². The van der Waals surface area contributed by atoms with Crippen LogP contribution in [0.2, 0.25) is 0 Å². The Hall–Kier alpha value is -0.150. The minimum Gasteiger partial charge on any atom is -0.381 e. The number of hydrogen-bond donors (Lipinski definition) is 0. The summed E-state index contributed by atoms with van der Waals surface area (Å²) in [4.78, 5) is 2.31. The van der Waals surface area contributed by atoms with E-state index in [1.807, 2.05) is 6.92 Å². The van der Waals surface area contributed by atoms with Gasteiger partial charge in [0.15, 0.2) is 0 Å². The maximum Gasteiger partial charge on any atom is 0.115 e. The molecule has 0 aromatic rings. The summed E-state index contributed by atoms with van der Waals surface area (Å²) in [7, 11) is 1.76. The Labute approximate surface area is 85.4 Å². The maximum absolute atomic E-state index is 13.5. The van der Waals surface area contributed by atoms with Gasteiger partial charge in [0.1, 0.15) is 6.17 Å². The Bertz CT molecular complexity index is 194. The molecule has 1 aliphatic heterocycles. The predicted octanol–water partition coefficient (Wildman–Crippen LogP) is 1.84. The lowest BCUT2D eigenvalue weighted by molar-refractivity contribution is -0.0484. The molecule has 2 nitrogen and oxygen atoms in total. The minimum absolute atomic E-state index is 0.254. The zero-order valence-electron chi connectivity index (χ0n) is 9.08. The number of rotatable bonds is 2. The van der Waals surface area contributed by atoms with Crippen molar-refractivity contribution in [1.82, 2.24) is 4.90 Å². The Kier molecular flexibility index (Phi) is 3.07. The summed E-state index contributed by atoms with van der Waals surface area (Å²) in [6, 6.07) is 0.589. The highest BCUT2D eigenvalue weighted by molar-refractivity contribution is 4.91. The summed E-state index contributed by atoms with van der Waals surface area (Å²) in [5.41, 5.74) is 0. The summed E-state index contributed by atoms with van der Waals surface area (Å²) in [5.74, 6) is 0.254. The second-order valence-corrected chi connectivity index (χ2v) is 4.76. The van der Waals surface area contributed by atoms with E-state index in [4.69, 9.17) is 4.74 Å². The first-order chi connectivity index (χ1) is 6.70. The van der Waals surface area contributed by atoms with Gasteiger partial charge in [-0.2, -0.15) is 0 Å². The van der Waals surface area contributed by atoms with Crippen molar-refractivity contribution >= 4 is 0 Å². The zero-order valence-corrected chi connectivity index (χ0v) is 9.08. The molecule has 2 fully saturated rings. The first-order valence-electron chi connectivity index (χ1n) is 5.61. The van der Waals surface area contributed by atoms with Crippen molar-refractivity contribution in [2.24, 2.45) is 5.92 Å². The molecule has 1 aliphatic carbocycles. The van der Waals surface area contributed by atoms with Gasteiger partial charge in [-0.1, -0.05) is 6.92 Å². The van der Waals surface area contributed by atoms with Gasteiger partial charge in [-0.25, -0.2) is 4.39 Å². The van der Waals surface area contributed by atoms with Gasteiger partial charge in [0.2, 0.25) is 0 Å². The van der Waals surface area contributed by atoms with E-state index in [1.54, 1.807) is 7.11 Å². The number of nitrogens with zero attached hydrogens (tertiary/aromatic N) is 1. The van der Waals surface area contributed by atoms with Gasteiger partial charge in [-0.3, -0.25) is 4.90 Å². The summed E-state index contributed by atoms with van der Waals surface area (Å²) in [6.07, 6.45) is 3.01.